The van der Waals surface area contributed by atoms with Crippen molar-refractivity contribution >= 4 is 73.8 Å². The minimum atomic E-state index is -0.246. The summed E-state index contributed by atoms with van der Waals surface area (Å²) in [4.78, 5) is 39.5. The smallest absolute Gasteiger partial charge is 0.176 e. The second-order valence-electron chi connectivity index (χ2n) is 16.4. The number of halogens is 2. The van der Waals surface area contributed by atoms with Gasteiger partial charge in [-0.15, -0.1) is 35.5 Å². The number of H-pyrrole nitrogens is 3. The van der Waals surface area contributed by atoms with Crippen molar-refractivity contribution in [1.29, 1.82) is 0 Å². The van der Waals surface area contributed by atoms with Gasteiger partial charge >= 0.3 is 0 Å². The van der Waals surface area contributed by atoms with Gasteiger partial charge in [-0.1, -0.05) is 46.9 Å². The lowest BCUT2D eigenvalue weighted by Gasteiger charge is -2.12. The first-order valence-corrected chi connectivity index (χ1v) is 24.5. The van der Waals surface area contributed by atoms with E-state index in [0.717, 1.165) is 133 Å². The summed E-state index contributed by atoms with van der Waals surface area (Å²) < 4.78 is 27.2. The van der Waals surface area contributed by atoms with Crippen LogP contribution in [-0.2, 0) is 6.42 Å². The molecule has 0 radical (unpaired) electrons. The van der Waals surface area contributed by atoms with E-state index < -0.39 is 0 Å². The number of nitrogens with two attached hydrogens (primary N) is 1. The molecule has 10 aromatic rings. The number of nitrogen functional groups attached to an aromatic ring is 1. The second kappa shape index (κ2) is 23.4. The summed E-state index contributed by atoms with van der Waals surface area (Å²) in [5.74, 6) is 1.84. The average Bonchev–Trinajstić information content (AvgIpc) is 4.25. The fourth-order valence-electron chi connectivity index (χ4n) is 7.75. The van der Waals surface area contributed by atoms with Gasteiger partial charge in [0.25, 0.3) is 0 Å². The van der Waals surface area contributed by atoms with E-state index in [1.54, 1.807) is 61.7 Å². The molecule has 0 aliphatic carbocycles. The number of nitrogens with one attached hydrogen (secondary N) is 4. The van der Waals surface area contributed by atoms with E-state index >= 15 is 0 Å². The van der Waals surface area contributed by atoms with Gasteiger partial charge in [0.05, 0.1) is 58.2 Å². The predicted octanol–water partition coefficient (Wildman–Crippen LogP) is 11.9. The third-order valence-corrected chi connectivity index (χ3v) is 12.8. The molecule has 364 valence electrons. The molecule has 13 nitrogen and oxygen atoms in total. The Labute approximate surface area is 424 Å². The van der Waals surface area contributed by atoms with Crippen LogP contribution in [0.1, 0.15) is 63.6 Å². The number of allylic oxidation sites excluding steroid dienone is 2. The molecule has 0 amide bonds. The Morgan fingerprint density at radius 3 is 2.10 bits per heavy atom. The summed E-state index contributed by atoms with van der Waals surface area (Å²) in [6.45, 7) is 20.6. The van der Waals surface area contributed by atoms with E-state index in [-0.39, 0.29) is 10.3 Å². The molecule has 10 aromatic heterocycles. The van der Waals surface area contributed by atoms with E-state index in [9.17, 15) is 8.78 Å². The number of thiophene rings is 2. The zero-order valence-corrected chi connectivity index (χ0v) is 42.3. The topological polar surface area (TPSA) is 189 Å². The second-order valence-corrected chi connectivity index (χ2v) is 18.5. The van der Waals surface area contributed by atoms with E-state index in [1.165, 1.54) is 12.1 Å². The van der Waals surface area contributed by atoms with E-state index in [2.05, 4.69) is 90.3 Å². The predicted molar refractivity (Wildman–Crippen MR) is 292 cm³/mol. The molecule has 0 aromatic carbocycles. The first-order chi connectivity index (χ1) is 34.9. The van der Waals surface area contributed by atoms with Crippen LogP contribution < -0.4 is 21.6 Å². The molecule has 0 bridgehead atoms. The number of pyridine rings is 5. The number of terminal acetylenes is 1. The Kier molecular flexibility index (Phi) is 16.7. The van der Waals surface area contributed by atoms with Gasteiger partial charge in [-0.25, -0.2) is 9.97 Å². The molecular formula is C55H53F2N13S2. The fourth-order valence-corrected chi connectivity index (χ4v) is 9.23. The van der Waals surface area contributed by atoms with Crippen molar-refractivity contribution < 1.29 is 8.78 Å². The zero-order chi connectivity index (χ0) is 51.5. The molecule has 10 heterocycles. The van der Waals surface area contributed by atoms with Crippen LogP contribution in [-0.4, -0.2) is 55.1 Å². The molecule has 0 aliphatic heterocycles. The van der Waals surface area contributed by atoms with Gasteiger partial charge in [0, 0.05) is 80.3 Å². The lowest BCUT2D eigenvalue weighted by molar-refractivity contribution is 0.645. The Morgan fingerprint density at radius 1 is 0.819 bits per heavy atom. The summed E-state index contributed by atoms with van der Waals surface area (Å²) in [5, 5.41) is 12.2. The van der Waals surface area contributed by atoms with Gasteiger partial charge in [0.2, 0.25) is 0 Å². The number of fused-ring (bicyclic) bond motifs is 2. The third kappa shape index (κ3) is 11.8. The zero-order valence-electron chi connectivity index (χ0n) is 40.7. The number of hydrogen-bond donors (Lipinski definition) is 5. The molecule has 6 N–H and O–H groups in total. The summed E-state index contributed by atoms with van der Waals surface area (Å²) in [7, 11) is 0. The highest BCUT2D eigenvalue weighted by molar-refractivity contribution is 7.14. The van der Waals surface area contributed by atoms with Crippen molar-refractivity contribution in [3.63, 3.8) is 0 Å². The normalized spacial score (nSPS) is 11.4. The Morgan fingerprint density at radius 2 is 1.47 bits per heavy atom. The minimum Gasteiger partial charge on any atom is -0.397 e. The number of aromatic nitrogens is 11. The first-order valence-electron chi connectivity index (χ1n) is 22.9. The lowest BCUT2D eigenvalue weighted by atomic mass is 10.0. The Hall–Kier alpha value is -8.46. The quantitative estimate of drug-likeness (QED) is 0.0737. The number of anilines is 2. The van der Waals surface area contributed by atoms with Crippen LogP contribution in [0.5, 0.6) is 0 Å². The number of aromatic amines is 3. The molecule has 0 atom stereocenters. The molecule has 10 rings (SSSR count). The van der Waals surface area contributed by atoms with Crippen molar-refractivity contribution in [3.05, 3.63) is 160 Å². The Bertz CT molecular complexity index is 3670. The Balaban J connectivity index is 0.000000199. The standard InChI is InChI=1S/C27H26FN7S.C24H19FN6S.C2H6.C2H2/c1-15(2)6-16(3)33-19-7-18(10-30-11-19)22-8-17(21(29)13-32-22)9-26-34-23-14-31-12-20(27(23)35-26)24-4-5-25(28)36-24;1-4-18-15(9-14(3)16-10-26-8-7-13(16)2)23(31-30-18)24-28-19-12-27-11-17(22(19)29-24)20-5-6-21(25)32-20;2*1-2/h4-5,7-8,10-15,33H,3,6,9,29H2,1-2H3,(H,34,35);4-12,30H,3H2,1-2H3,(H,28,29);1-2H3;1-2H/b;15-9+,18-4+;;. The van der Waals surface area contributed by atoms with Gasteiger partial charge in [-0.2, -0.15) is 13.9 Å². The van der Waals surface area contributed by atoms with E-state index in [4.69, 9.17) is 15.7 Å². The number of rotatable bonds is 12. The van der Waals surface area contributed by atoms with Crippen LogP contribution in [0.2, 0.25) is 0 Å². The fraction of sp³-hybridized carbons (Fsp3) is 0.164. The number of aryl methyl sites for hydroxylation is 1. The highest BCUT2D eigenvalue weighted by atomic mass is 32.1. The van der Waals surface area contributed by atoms with Crippen LogP contribution in [0.25, 0.3) is 83.4 Å². The van der Waals surface area contributed by atoms with Crippen molar-refractivity contribution in [3.8, 4) is 56.5 Å². The average molecular weight is 998 g/mol. The van der Waals surface area contributed by atoms with Gasteiger partial charge in [0.1, 0.15) is 22.6 Å². The van der Waals surface area contributed by atoms with E-state index in [0.29, 0.717) is 29.5 Å². The molecule has 72 heavy (non-hydrogen) atoms. The third-order valence-electron chi connectivity index (χ3n) is 11.0. The van der Waals surface area contributed by atoms with Crippen molar-refractivity contribution in [1.82, 2.24) is 55.1 Å². The van der Waals surface area contributed by atoms with Crippen molar-refractivity contribution in [2.75, 3.05) is 11.1 Å². The molecule has 17 heteroatoms. The maximum atomic E-state index is 13.6. The number of imidazole rings is 2. The van der Waals surface area contributed by atoms with Crippen LogP contribution in [0.3, 0.4) is 0 Å². The number of hydrogen-bond acceptors (Lipinski definition) is 12. The molecule has 0 saturated heterocycles. The molecule has 0 saturated carbocycles. The van der Waals surface area contributed by atoms with Crippen LogP contribution in [0.4, 0.5) is 20.2 Å². The monoisotopic (exact) mass is 997 g/mol. The maximum absolute atomic E-state index is 13.6. The first kappa shape index (κ1) is 51.4. The molecule has 0 spiro atoms. The molecular weight excluding hydrogens is 945 g/mol. The van der Waals surface area contributed by atoms with Crippen molar-refractivity contribution in [2.45, 2.75) is 54.4 Å². The number of nitrogens with zero attached hydrogens (tertiary/aromatic N) is 8. The molecule has 0 unspecified atom stereocenters. The highest BCUT2D eigenvalue weighted by Crippen LogP contribution is 2.34. The highest BCUT2D eigenvalue weighted by Gasteiger charge is 2.17. The van der Waals surface area contributed by atoms with Crippen LogP contribution in [0.15, 0.2) is 117 Å². The van der Waals surface area contributed by atoms with Gasteiger partial charge < -0.3 is 21.0 Å². The minimum absolute atomic E-state index is 0.243. The van der Waals surface area contributed by atoms with Crippen LogP contribution in [0, 0.1) is 36.0 Å². The molecule has 0 fully saturated rings. The summed E-state index contributed by atoms with van der Waals surface area (Å²) in [6, 6.07) is 12.3. The summed E-state index contributed by atoms with van der Waals surface area (Å²) >= 11 is 2.14. The van der Waals surface area contributed by atoms with Crippen LogP contribution >= 0.6 is 22.7 Å². The largest absolute Gasteiger partial charge is 0.397 e. The van der Waals surface area contributed by atoms with E-state index in [1.807, 2.05) is 64.2 Å². The van der Waals surface area contributed by atoms with Gasteiger partial charge in [0.15, 0.2) is 16.1 Å². The lowest BCUT2D eigenvalue weighted by Crippen LogP contribution is -2.23. The summed E-state index contributed by atoms with van der Waals surface area (Å²) in [6.07, 6.45) is 28.9. The van der Waals surface area contributed by atoms with Crippen molar-refractivity contribution in [2.24, 2.45) is 5.92 Å². The van der Waals surface area contributed by atoms with Gasteiger partial charge in [-0.3, -0.25) is 30.0 Å². The van der Waals surface area contributed by atoms with Gasteiger partial charge in [-0.05, 0) is 91.4 Å². The molecule has 0 aliphatic rings. The maximum Gasteiger partial charge on any atom is 0.176 e. The summed E-state index contributed by atoms with van der Waals surface area (Å²) in [5.41, 5.74) is 19.3. The SMILES string of the molecule is C#C.C=C(/C=c1/c(-c2nc3c(-c4ccc(F)s4)cncc3[nH]2)n[nH]/c1=C/C)c1cnccc1C.C=C(CC(C)C)Nc1cncc(-c2cc(Cc3nc4c(-c5ccc(F)s5)cncc4[nH]3)c(N)cn2)c1.CC.